The summed E-state index contributed by atoms with van der Waals surface area (Å²) in [6.07, 6.45) is 2.88. The molecule has 23 heavy (non-hydrogen) atoms. The lowest BCUT2D eigenvalue weighted by Crippen LogP contribution is -2.31. The molecule has 2 amide bonds. The van der Waals surface area contributed by atoms with E-state index in [9.17, 15) is 9.59 Å². The quantitative estimate of drug-likeness (QED) is 0.877. The number of hydrogen-bond acceptors (Lipinski definition) is 3. The van der Waals surface area contributed by atoms with E-state index in [0.717, 1.165) is 50.3 Å². The lowest BCUT2D eigenvalue weighted by Gasteiger charge is -2.17. The van der Waals surface area contributed by atoms with Gasteiger partial charge < -0.3 is 15.5 Å². The molecular weight excluding hydrogens is 290 g/mol. The Bertz CT molecular complexity index is 631. The summed E-state index contributed by atoms with van der Waals surface area (Å²) in [6.45, 7) is 4.00. The van der Waals surface area contributed by atoms with E-state index in [1.165, 1.54) is 5.56 Å². The standard InChI is InChI=1S/C18H23N3O2/c22-17-7-13-6-12(4-5-16(13)20-17)2-1-3-18(23)21-10-14-8-19-9-15(14)11-21/h4-6,14-15,19H,1-3,7-11H2,(H,20,22)/t14-,15+. The van der Waals surface area contributed by atoms with Gasteiger partial charge in [0.2, 0.25) is 11.8 Å². The van der Waals surface area contributed by atoms with Crippen LogP contribution < -0.4 is 10.6 Å². The summed E-state index contributed by atoms with van der Waals surface area (Å²) in [7, 11) is 0. The molecule has 1 aromatic carbocycles. The van der Waals surface area contributed by atoms with E-state index in [0.29, 0.717) is 30.6 Å². The maximum absolute atomic E-state index is 12.3. The molecule has 0 radical (unpaired) electrons. The topological polar surface area (TPSA) is 61.4 Å². The van der Waals surface area contributed by atoms with Gasteiger partial charge >= 0.3 is 0 Å². The molecule has 5 nitrogen and oxygen atoms in total. The Morgan fingerprint density at radius 3 is 2.78 bits per heavy atom. The van der Waals surface area contributed by atoms with Crippen LogP contribution in [0.3, 0.4) is 0 Å². The van der Waals surface area contributed by atoms with E-state index in [-0.39, 0.29) is 5.91 Å². The fourth-order valence-electron chi connectivity index (χ4n) is 4.10. The Morgan fingerprint density at radius 1 is 1.22 bits per heavy atom. The molecule has 2 fully saturated rings. The number of carbonyl (C=O) groups excluding carboxylic acids is 2. The highest BCUT2D eigenvalue weighted by molar-refractivity contribution is 5.99. The number of aryl methyl sites for hydroxylation is 1. The summed E-state index contributed by atoms with van der Waals surface area (Å²) >= 11 is 0. The van der Waals surface area contributed by atoms with Gasteiger partial charge in [0.15, 0.2) is 0 Å². The van der Waals surface area contributed by atoms with Gasteiger partial charge in [0.05, 0.1) is 6.42 Å². The van der Waals surface area contributed by atoms with Crippen molar-refractivity contribution in [3.05, 3.63) is 29.3 Å². The molecule has 2 N–H and O–H groups in total. The molecule has 0 aliphatic carbocycles. The average Bonchev–Trinajstić information content (AvgIpc) is 3.19. The van der Waals surface area contributed by atoms with Gasteiger partial charge in [-0.1, -0.05) is 12.1 Å². The normalized spacial score (nSPS) is 25.4. The van der Waals surface area contributed by atoms with E-state index in [1.54, 1.807) is 0 Å². The van der Waals surface area contributed by atoms with Crippen molar-refractivity contribution in [3.63, 3.8) is 0 Å². The minimum Gasteiger partial charge on any atom is -0.342 e. The largest absolute Gasteiger partial charge is 0.342 e. The molecule has 5 heteroatoms. The van der Waals surface area contributed by atoms with Gasteiger partial charge in [-0.15, -0.1) is 0 Å². The van der Waals surface area contributed by atoms with Crippen molar-refractivity contribution in [2.45, 2.75) is 25.7 Å². The first-order valence-electron chi connectivity index (χ1n) is 8.59. The number of carbonyl (C=O) groups is 2. The molecular formula is C18H23N3O2. The van der Waals surface area contributed by atoms with E-state index in [4.69, 9.17) is 0 Å². The zero-order valence-corrected chi connectivity index (χ0v) is 13.3. The van der Waals surface area contributed by atoms with E-state index < -0.39 is 0 Å². The smallest absolute Gasteiger partial charge is 0.228 e. The molecule has 4 rings (SSSR count). The van der Waals surface area contributed by atoms with Crippen LogP contribution in [-0.4, -0.2) is 42.9 Å². The van der Waals surface area contributed by atoms with E-state index >= 15 is 0 Å². The van der Waals surface area contributed by atoms with Gasteiger partial charge in [-0.2, -0.15) is 0 Å². The Labute approximate surface area is 136 Å². The van der Waals surface area contributed by atoms with Gasteiger partial charge in [-0.3, -0.25) is 9.59 Å². The van der Waals surface area contributed by atoms with Gasteiger partial charge in [-0.05, 0) is 41.9 Å². The van der Waals surface area contributed by atoms with Crippen molar-refractivity contribution < 1.29 is 9.59 Å². The summed E-state index contributed by atoms with van der Waals surface area (Å²) in [5, 5.41) is 6.26. The molecule has 3 aliphatic heterocycles. The number of benzene rings is 1. The molecule has 1 aromatic rings. The van der Waals surface area contributed by atoms with Crippen LogP contribution in [-0.2, 0) is 22.4 Å². The van der Waals surface area contributed by atoms with Crippen LogP contribution >= 0.6 is 0 Å². The lowest BCUT2D eigenvalue weighted by molar-refractivity contribution is -0.130. The molecule has 0 saturated carbocycles. The maximum Gasteiger partial charge on any atom is 0.228 e. The minimum atomic E-state index is 0.0707. The van der Waals surface area contributed by atoms with Crippen molar-refractivity contribution in [2.75, 3.05) is 31.5 Å². The van der Waals surface area contributed by atoms with Crippen molar-refractivity contribution in [1.82, 2.24) is 10.2 Å². The summed E-state index contributed by atoms with van der Waals surface area (Å²) in [4.78, 5) is 25.8. The molecule has 0 unspecified atom stereocenters. The monoisotopic (exact) mass is 313 g/mol. The number of amides is 2. The number of likely N-dealkylation sites (tertiary alicyclic amines) is 1. The molecule has 0 aromatic heterocycles. The summed E-state index contributed by atoms with van der Waals surface area (Å²) < 4.78 is 0. The zero-order chi connectivity index (χ0) is 15.8. The third-order valence-corrected chi connectivity index (χ3v) is 5.39. The van der Waals surface area contributed by atoms with Crippen LogP contribution in [0.4, 0.5) is 5.69 Å². The van der Waals surface area contributed by atoms with Gasteiger partial charge in [0.25, 0.3) is 0 Å². The Balaban J connectivity index is 1.27. The molecule has 2 atom stereocenters. The zero-order valence-electron chi connectivity index (χ0n) is 13.3. The highest BCUT2D eigenvalue weighted by Crippen LogP contribution is 2.27. The van der Waals surface area contributed by atoms with Crippen LogP contribution in [0.2, 0.25) is 0 Å². The lowest BCUT2D eigenvalue weighted by atomic mass is 10.0. The molecule has 2 saturated heterocycles. The average molecular weight is 313 g/mol. The highest BCUT2D eigenvalue weighted by atomic mass is 16.2. The van der Waals surface area contributed by atoms with E-state index in [1.807, 2.05) is 6.07 Å². The number of hydrogen-bond donors (Lipinski definition) is 2. The van der Waals surface area contributed by atoms with Crippen molar-refractivity contribution >= 4 is 17.5 Å². The second kappa shape index (κ2) is 5.96. The van der Waals surface area contributed by atoms with Crippen molar-refractivity contribution in [3.8, 4) is 0 Å². The third-order valence-electron chi connectivity index (χ3n) is 5.39. The minimum absolute atomic E-state index is 0.0707. The van der Waals surface area contributed by atoms with Gasteiger partial charge in [-0.25, -0.2) is 0 Å². The molecule has 0 bridgehead atoms. The Kier molecular flexibility index (Phi) is 3.81. The van der Waals surface area contributed by atoms with Crippen LogP contribution in [0.5, 0.6) is 0 Å². The van der Waals surface area contributed by atoms with Crippen LogP contribution in [0.25, 0.3) is 0 Å². The third kappa shape index (κ3) is 2.98. The predicted molar refractivity (Wildman–Crippen MR) is 88.1 cm³/mol. The fourth-order valence-corrected chi connectivity index (χ4v) is 4.10. The second-order valence-electron chi connectivity index (χ2n) is 7.05. The number of rotatable bonds is 4. The Hall–Kier alpha value is -1.88. The highest BCUT2D eigenvalue weighted by Gasteiger charge is 2.37. The van der Waals surface area contributed by atoms with Gasteiger partial charge in [0.1, 0.15) is 0 Å². The first-order chi connectivity index (χ1) is 11.2. The summed E-state index contributed by atoms with van der Waals surface area (Å²) in [5.74, 6) is 1.71. The molecule has 122 valence electrons. The summed E-state index contributed by atoms with van der Waals surface area (Å²) in [5.41, 5.74) is 3.24. The van der Waals surface area contributed by atoms with Crippen LogP contribution in [0.15, 0.2) is 18.2 Å². The van der Waals surface area contributed by atoms with Crippen LogP contribution in [0, 0.1) is 11.8 Å². The van der Waals surface area contributed by atoms with E-state index in [2.05, 4.69) is 27.7 Å². The molecule has 3 heterocycles. The Morgan fingerprint density at radius 2 is 2.00 bits per heavy atom. The van der Waals surface area contributed by atoms with Crippen LogP contribution in [0.1, 0.15) is 24.0 Å². The first kappa shape index (κ1) is 14.7. The number of fused-ring (bicyclic) bond motifs is 2. The molecule has 3 aliphatic rings. The fraction of sp³-hybridized carbons (Fsp3) is 0.556. The van der Waals surface area contributed by atoms with Crippen molar-refractivity contribution in [2.24, 2.45) is 11.8 Å². The first-order valence-corrected chi connectivity index (χ1v) is 8.59. The SMILES string of the molecule is O=C1Cc2cc(CCCC(=O)N3C[C@H]4CNC[C@H]4C3)ccc2N1. The van der Waals surface area contributed by atoms with Gasteiger partial charge in [0, 0.05) is 38.3 Å². The second-order valence-corrected chi connectivity index (χ2v) is 7.05. The number of anilines is 1. The number of nitrogens with zero attached hydrogens (tertiary/aromatic N) is 1. The predicted octanol–water partition coefficient (Wildman–Crippen LogP) is 1.18. The summed E-state index contributed by atoms with van der Waals surface area (Å²) in [6, 6.07) is 6.14. The molecule has 0 spiro atoms. The maximum atomic E-state index is 12.3. The van der Waals surface area contributed by atoms with Crippen molar-refractivity contribution in [1.29, 1.82) is 0 Å². The number of nitrogens with one attached hydrogen (secondary N) is 2.